The lowest BCUT2D eigenvalue weighted by Crippen LogP contribution is -2.00. The lowest BCUT2D eigenvalue weighted by atomic mass is 9.92. The van der Waals surface area contributed by atoms with Gasteiger partial charge in [0.1, 0.15) is 11.5 Å². The number of methoxy groups -OCH3 is 2. The first-order valence-corrected chi connectivity index (χ1v) is 44.5. The highest BCUT2D eigenvalue weighted by Crippen LogP contribution is 2.33. The average molecular weight is 1690 g/mol. The minimum Gasteiger partial charge on any atom is -0.496 e. The van der Waals surface area contributed by atoms with E-state index in [0.29, 0.717) is 47.3 Å². The third-order valence-corrected chi connectivity index (χ3v) is 21.2. The van der Waals surface area contributed by atoms with Crippen LogP contribution < -0.4 is 9.47 Å². The Morgan fingerprint density at radius 2 is 0.761 bits per heavy atom. The summed E-state index contributed by atoms with van der Waals surface area (Å²) in [5, 5.41) is 0.843. The van der Waals surface area contributed by atoms with E-state index in [-0.39, 0.29) is 5.92 Å². The molecular weight excluding hydrogens is 1540 g/mol. The molecule has 0 aliphatic carbocycles. The molecule has 624 valence electrons. The van der Waals surface area contributed by atoms with Crippen molar-refractivity contribution < 1.29 is 18.3 Å². The molecule has 0 unspecified atom stereocenters. The van der Waals surface area contributed by atoms with E-state index in [0.717, 1.165) is 56.8 Å². The second kappa shape index (κ2) is 56.9. The molecule has 113 heavy (non-hydrogen) atoms. The zero-order valence-corrected chi connectivity index (χ0v) is 80.3. The van der Waals surface area contributed by atoms with E-state index in [4.69, 9.17) is 21.1 Å². The molecule has 0 aromatic heterocycles. The molecule has 0 saturated carbocycles. The van der Waals surface area contributed by atoms with Crippen LogP contribution in [-0.2, 0) is 38.5 Å². The van der Waals surface area contributed by atoms with E-state index in [1.807, 2.05) is 19.9 Å². The summed E-state index contributed by atoms with van der Waals surface area (Å²) in [5.74, 6) is 7.02. The van der Waals surface area contributed by atoms with E-state index in [1.165, 1.54) is 151 Å². The van der Waals surface area contributed by atoms with Crippen LogP contribution in [0.2, 0.25) is 5.02 Å². The minimum atomic E-state index is -0.767. The van der Waals surface area contributed by atoms with E-state index in [1.54, 1.807) is 26.7 Å². The Kier molecular flexibility index (Phi) is 52.7. The maximum atomic E-state index is 12.7. The summed E-state index contributed by atoms with van der Waals surface area (Å²) >= 11 is 12.8. The molecule has 9 rings (SSSR count). The summed E-state index contributed by atoms with van der Waals surface area (Å²) in [7, 11) is 3.42. The van der Waals surface area contributed by atoms with Crippen molar-refractivity contribution in [2.45, 2.75) is 318 Å². The van der Waals surface area contributed by atoms with Crippen LogP contribution in [0.4, 0.5) is 8.78 Å². The Labute approximate surface area is 714 Å². The molecule has 0 bridgehead atoms. The van der Waals surface area contributed by atoms with Gasteiger partial charge in [-0.3, -0.25) is 0 Å². The topological polar surface area (TPSA) is 18.5 Å². The van der Waals surface area contributed by atoms with E-state index >= 15 is 0 Å². The summed E-state index contributed by atoms with van der Waals surface area (Å²) in [4.78, 5) is 0. The normalized spacial score (nSPS) is 10.8. The van der Waals surface area contributed by atoms with Crippen molar-refractivity contribution in [3.05, 3.63) is 302 Å². The van der Waals surface area contributed by atoms with Crippen LogP contribution in [0.5, 0.6) is 11.5 Å². The molecule has 0 N–H and O–H groups in total. The lowest BCUT2D eigenvalue weighted by Gasteiger charge is -2.13. The highest BCUT2D eigenvalue weighted by molar-refractivity contribution is 9.10. The second-order valence-corrected chi connectivity index (χ2v) is 35.9. The van der Waals surface area contributed by atoms with Crippen molar-refractivity contribution in [2.24, 2.45) is 11.8 Å². The molecule has 0 aliphatic heterocycles. The van der Waals surface area contributed by atoms with Crippen LogP contribution in [0.3, 0.4) is 0 Å². The predicted molar refractivity (Wildman–Crippen MR) is 505 cm³/mol. The molecule has 0 radical (unpaired) electrons. The Morgan fingerprint density at radius 1 is 0.327 bits per heavy atom. The zero-order chi connectivity index (χ0) is 85.8. The van der Waals surface area contributed by atoms with Crippen molar-refractivity contribution in [2.75, 3.05) is 14.2 Å². The second-order valence-electron chi connectivity index (χ2n) is 33.7. The van der Waals surface area contributed by atoms with Crippen LogP contribution >= 0.6 is 43.5 Å². The van der Waals surface area contributed by atoms with E-state index < -0.39 is 11.6 Å². The number of unbranched alkanes of at least 4 members (excludes halogenated alkanes) is 2. The molecule has 0 fully saturated rings. The van der Waals surface area contributed by atoms with Gasteiger partial charge in [-0.1, -0.05) is 348 Å². The molecule has 9 aromatic carbocycles. The quantitative estimate of drug-likeness (QED) is 0.0594. The van der Waals surface area contributed by atoms with Crippen molar-refractivity contribution in [3.63, 3.8) is 0 Å². The summed E-state index contributed by atoms with van der Waals surface area (Å²) < 4.78 is 38.1. The van der Waals surface area contributed by atoms with Gasteiger partial charge >= 0.3 is 0 Å². The van der Waals surface area contributed by atoms with E-state index in [9.17, 15) is 8.78 Å². The zero-order valence-electron chi connectivity index (χ0n) is 76.4. The van der Waals surface area contributed by atoms with E-state index in [2.05, 4.69) is 370 Å². The number of halogens is 5. The Bertz CT molecular complexity index is 4060. The number of rotatable bonds is 23. The largest absolute Gasteiger partial charge is 0.496 e. The lowest BCUT2D eigenvalue weighted by molar-refractivity contribution is 0.407. The molecular formula is C106H153Br2ClF2O2. The predicted octanol–water partition coefficient (Wildman–Crippen LogP) is 34.9. The van der Waals surface area contributed by atoms with Gasteiger partial charge in [0.15, 0.2) is 11.6 Å². The van der Waals surface area contributed by atoms with Gasteiger partial charge in [0, 0.05) is 9.50 Å². The number of hydrogen-bond donors (Lipinski definition) is 0. The minimum absolute atomic E-state index is 0.236. The average Bonchev–Trinajstić information content (AvgIpc) is 0.852. The number of benzene rings is 9. The first-order chi connectivity index (χ1) is 53.2. The van der Waals surface area contributed by atoms with Crippen molar-refractivity contribution >= 4 is 43.5 Å². The van der Waals surface area contributed by atoms with Gasteiger partial charge in [-0.05, 0) is 301 Å². The van der Waals surface area contributed by atoms with Crippen molar-refractivity contribution in [3.8, 4) is 11.5 Å². The molecule has 0 spiro atoms. The third-order valence-electron chi connectivity index (χ3n) is 19.9. The van der Waals surface area contributed by atoms with Crippen LogP contribution in [0.15, 0.2) is 185 Å². The molecule has 9 aromatic rings. The molecule has 7 heteroatoms. The fraction of sp³-hybridized carbons (Fsp3) is 0.491. The highest BCUT2D eigenvalue weighted by Gasteiger charge is 2.14. The molecule has 0 heterocycles. The monoisotopic (exact) mass is 1690 g/mol. The standard InChI is InChI=1S/C14H22.2C13H20.C12H18O.C12H18.C11H15BrO.C11H15Cl.C10H13Br.C10H12F2/c1-4-5-6-9-13-10-7-8-11-14(13)12(2)3;1-10(2)9-12-5-7-13(8-6-12)11(3)4;1-10(2)9-12-7-5-6-8-13(12)11(3)4;1-5-10-6-7-12(13-4)11(8-10)9(2)3;1-4-7-11-8-5-6-9-12(11)10(2)3;1-7(2)9-6-11(13-4)10(12)5-8(9)3;1-4-9-5-6-10(12)7-11(9)8(2)3;1-7(2)10-5-4-9(11)6-8(10)3;1-6(2)8-5-10(12)9(11)4-7(8)3/h7-8,10-12H,4-6,9H2,1-3H3;2*5-8,10-11H,9H2,1-4H3;6-9H,5H2,1-4H3;5-6,8-10H,4,7H2,1-3H3;5-7H,1-4H3;5-8H,4H2,1-3H3;4-7H,1-3H3;4-6H,1-3H3. The maximum Gasteiger partial charge on any atom is 0.159 e. The first kappa shape index (κ1) is 105. The molecule has 0 aliphatic rings. The highest BCUT2D eigenvalue weighted by atomic mass is 79.9. The number of aryl methyl sites for hydroxylation is 7. The third kappa shape index (κ3) is 40.4. The Balaban J connectivity index is 0.000000636. The van der Waals surface area contributed by atoms with Gasteiger partial charge in [-0.2, -0.15) is 0 Å². The summed E-state index contributed by atoms with van der Waals surface area (Å²) in [6.45, 7) is 63.6. The summed E-state index contributed by atoms with van der Waals surface area (Å²) in [6, 6.07) is 61.2. The molecule has 0 saturated heterocycles. The fourth-order valence-electron chi connectivity index (χ4n) is 13.6. The number of ether oxygens (including phenoxy) is 2. The van der Waals surface area contributed by atoms with Crippen LogP contribution in [0, 0.1) is 44.2 Å². The number of hydrogen-bond acceptors (Lipinski definition) is 2. The van der Waals surface area contributed by atoms with Crippen molar-refractivity contribution in [1.82, 2.24) is 0 Å². The Morgan fingerprint density at radius 3 is 1.19 bits per heavy atom. The molecule has 0 amide bonds. The molecule has 2 nitrogen and oxygen atoms in total. The van der Waals surface area contributed by atoms with Gasteiger partial charge < -0.3 is 9.47 Å². The van der Waals surface area contributed by atoms with Crippen LogP contribution in [0.1, 0.15) is 359 Å². The Hall–Kier alpha value is -6.31. The SMILES string of the molecule is CC(C)Cc1ccc(C(C)C)cc1.CC(C)Cc1ccccc1C(C)C.CCCCCc1ccccc1C(C)C.CCCc1ccccc1C(C)C.CCc1ccc(Cl)cc1C(C)C.CCc1ccc(OC)c(C(C)C)c1.COc1cc(C(C)C)c(C)cc1Br.Cc1cc(Br)ccc1C(C)C.Cc1cc(F)c(F)cc1C(C)C. The van der Waals surface area contributed by atoms with Gasteiger partial charge in [-0.25, -0.2) is 8.78 Å². The first-order valence-electron chi connectivity index (χ1n) is 42.6. The summed E-state index contributed by atoms with van der Waals surface area (Å²) in [5.41, 5.74) is 24.7. The molecule has 0 atom stereocenters. The van der Waals surface area contributed by atoms with Crippen LogP contribution in [0.25, 0.3) is 0 Å². The van der Waals surface area contributed by atoms with Gasteiger partial charge in [-0.15, -0.1) is 0 Å². The van der Waals surface area contributed by atoms with Gasteiger partial charge in [0.2, 0.25) is 0 Å². The summed E-state index contributed by atoms with van der Waals surface area (Å²) in [6.07, 6.45) is 12.3. The smallest absolute Gasteiger partial charge is 0.159 e. The van der Waals surface area contributed by atoms with Crippen LogP contribution in [-0.4, -0.2) is 14.2 Å². The van der Waals surface area contributed by atoms with Gasteiger partial charge in [0.25, 0.3) is 0 Å². The maximum absolute atomic E-state index is 12.7. The van der Waals surface area contributed by atoms with Crippen molar-refractivity contribution in [1.29, 1.82) is 0 Å². The van der Waals surface area contributed by atoms with Gasteiger partial charge in [0.05, 0.1) is 18.7 Å². The fourth-order valence-corrected chi connectivity index (χ4v) is 14.9.